The lowest BCUT2D eigenvalue weighted by Crippen LogP contribution is -1.96. The molecule has 0 unspecified atom stereocenters. The van der Waals surface area contributed by atoms with Gasteiger partial charge in [0.25, 0.3) is 0 Å². The van der Waals surface area contributed by atoms with E-state index in [4.69, 9.17) is 10.2 Å². The molecule has 0 amide bonds. The maximum atomic E-state index is 8.62. The Morgan fingerprint density at radius 1 is 1.56 bits per heavy atom. The second-order valence-corrected chi connectivity index (χ2v) is 1.95. The van der Waals surface area contributed by atoms with Crippen LogP contribution in [0.5, 0.6) is 0 Å². The predicted octanol–water partition coefficient (Wildman–Crippen LogP) is 0.306. The molecule has 1 rings (SSSR count). The molecule has 9 heavy (non-hydrogen) atoms. The molecule has 0 saturated heterocycles. The molecule has 0 atom stereocenters. The number of nitrogens with one attached hydrogen (secondary N) is 1. The van der Waals surface area contributed by atoms with Gasteiger partial charge in [0.05, 0.1) is 5.69 Å². The monoisotopic (exact) mass is 127 g/mol. The Labute approximate surface area is 53.0 Å². The molecule has 3 nitrogen and oxygen atoms in total. The van der Waals surface area contributed by atoms with Gasteiger partial charge in [0.2, 0.25) is 0 Å². The first kappa shape index (κ1) is 6.32. The SMILES string of the molecule is Cc1cc[nH]c1C(O)O. The quantitative estimate of drug-likeness (QED) is 0.475. The van der Waals surface area contributed by atoms with Crippen molar-refractivity contribution in [3.63, 3.8) is 0 Å². The van der Waals surface area contributed by atoms with Gasteiger partial charge in [0.15, 0.2) is 6.29 Å². The summed E-state index contributed by atoms with van der Waals surface area (Å²) in [4.78, 5) is 2.70. The van der Waals surface area contributed by atoms with E-state index in [0.717, 1.165) is 5.56 Å². The highest BCUT2D eigenvalue weighted by atomic mass is 16.5. The molecule has 0 aliphatic rings. The first-order chi connectivity index (χ1) is 4.22. The molecule has 0 aliphatic carbocycles. The fourth-order valence-electron chi connectivity index (χ4n) is 0.738. The predicted molar refractivity (Wildman–Crippen MR) is 32.7 cm³/mol. The van der Waals surface area contributed by atoms with Crippen LogP contribution in [0.2, 0.25) is 0 Å². The third-order valence-corrected chi connectivity index (χ3v) is 1.26. The molecule has 1 aromatic rings. The summed E-state index contributed by atoms with van der Waals surface area (Å²) in [6, 6.07) is 1.79. The zero-order valence-corrected chi connectivity index (χ0v) is 5.13. The van der Waals surface area contributed by atoms with E-state index < -0.39 is 6.29 Å². The van der Waals surface area contributed by atoms with Crippen molar-refractivity contribution in [3.8, 4) is 0 Å². The van der Waals surface area contributed by atoms with Gasteiger partial charge in [-0.05, 0) is 18.6 Å². The van der Waals surface area contributed by atoms with Gasteiger partial charge >= 0.3 is 0 Å². The Hall–Kier alpha value is -0.800. The van der Waals surface area contributed by atoms with Gasteiger partial charge in [-0.25, -0.2) is 0 Å². The summed E-state index contributed by atoms with van der Waals surface area (Å²) in [5.41, 5.74) is 1.33. The second kappa shape index (κ2) is 2.21. The van der Waals surface area contributed by atoms with Crippen molar-refractivity contribution in [2.75, 3.05) is 0 Å². The van der Waals surface area contributed by atoms with Crippen molar-refractivity contribution < 1.29 is 10.2 Å². The van der Waals surface area contributed by atoms with Gasteiger partial charge in [-0.1, -0.05) is 0 Å². The van der Waals surface area contributed by atoms with Crippen LogP contribution in [0.4, 0.5) is 0 Å². The first-order valence-corrected chi connectivity index (χ1v) is 2.72. The number of rotatable bonds is 1. The minimum absolute atomic E-state index is 0.468. The number of H-pyrrole nitrogens is 1. The molecular weight excluding hydrogens is 118 g/mol. The summed E-state index contributed by atoms with van der Waals surface area (Å²) in [5.74, 6) is 0. The number of aryl methyl sites for hydroxylation is 1. The molecule has 0 saturated carbocycles. The largest absolute Gasteiger partial charge is 0.363 e. The average Bonchev–Trinajstić information content (AvgIpc) is 2.13. The minimum Gasteiger partial charge on any atom is -0.363 e. The molecule has 50 valence electrons. The molecular formula is C6H9NO2. The lowest BCUT2D eigenvalue weighted by Gasteiger charge is -1.99. The van der Waals surface area contributed by atoms with Crippen LogP contribution in [0.3, 0.4) is 0 Å². The zero-order valence-electron chi connectivity index (χ0n) is 5.13. The van der Waals surface area contributed by atoms with E-state index >= 15 is 0 Å². The maximum Gasteiger partial charge on any atom is 0.194 e. The molecule has 0 bridgehead atoms. The standard InChI is InChI=1S/C6H9NO2/c1-4-2-3-7-5(4)6(8)9/h2-3,6-9H,1H3. The third-order valence-electron chi connectivity index (χ3n) is 1.26. The third kappa shape index (κ3) is 1.12. The number of aliphatic hydroxyl groups excluding tert-OH is 1. The topological polar surface area (TPSA) is 56.2 Å². The fourth-order valence-corrected chi connectivity index (χ4v) is 0.738. The second-order valence-electron chi connectivity index (χ2n) is 1.95. The van der Waals surface area contributed by atoms with Crippen molar-refractivity contribution in [3.05, 3.63) is 23.5 Å². The van der Waals surface area contributed by atoms with E-state index in [1.165, 1.54) is 0 Å². The molecule has 1 heterocycles. The Balaban J connectivity index is 2.94. The van der Waals surface area contributed by atoms with Gasteiger partial charge in [0, 0.05) is 6.20 Å². The van der Waals surface area contributed by atoms with Gasteiger partial charge < -0.3 is 15.2 Å². The first-order valence-electron chi connectivity index (χ1n) is 2.72. The smallest absolute Gasteiger partial charge is 0.194 e. The van der Waals surface area contributed by atoms with E-state index in [9.17, 15) is 0 Å². The summed E-state index contributed by atoms with van der Waals surface area (Å²) >= 11 is 0. The van der Waals surface area contributed by atoms with Gasteiger partial charge in [-0.2, -0.15) is 0 Å². The van der Waals surface area contributed by atoms with E-state index in [2.05, 4.69) is 4.98 Å². The van der Waals surface area contributed by atoms with Crippen LogP contribution < -0.4 is 0 Å². The van der Waals surface area contributed by atoms with E-state index in [1.807, 2.05) is 6.92 Å². The van der Waals surface area contributed by atoms with Crippen LogP contribution in [-0.2, 0) is 0 Å². The summed E-state index contributed by atoms with van der Waals surface area (Å²) in [5, 5.41) is 17.2. The lowest BCUT2D eigenvalue weighted by molar-refractivity contribution is -0.0458. The molecule has 3 heteroatoms. The average molecular weight is 127 g/mol. The van der Waals surface area contributed by atoms with Crippen molar-refractivity contribution in [1.82, 2.24) is 4.98 Å². The van der Waals surface area contributed by atoms with Crippen LogP contribution in [0.25, 0.3) is 0 Å². The summed E-state index contributed by atoms with van der Waals surface area (Å²) in [6.45, 7) is 1.81. The highest BCUT2D eigenvalue weighted by Crippen LogP contribution is 2.11. The Morgan fingerprint density at radius 2 is 2.22 bits per heavy atom. The molecule has 0 aromatic carbocycles. The van der Waals surface area contributed by atoms with Crippen LogP contribution in [0, 0.1) is 6.92 Å². The summed E-state index contributed by atoms with van der Waals surface area (Å²) in [6.07, 6.45) is 0.296. The highest BCUT2D eigenvalue weighted by molar-refractivity contribution is 5.18. The normalized spacial score (nSPS) is 10.7. The Bertz CT molecular complexity index is 193. The molecule has 0 fully saturated rings. The minimum atomic E-state index is -1.38. The van der Waals surface area contributed by atoms with Crippen LogP contribution in [-0.4, -0.2) is 15.2 Å². The molecule has 3 N–H and O–H groups in total. The Kier molecular flexibility index (Phi) is 1.55. The number of hydrogen-bond acceptors (Lipinski definition) is 2. The van der Waals surface area contributed by atoms with Crippen LogP contribution in [0.1, 0.15) is 17.5 Å². The zero-order chi connectivity index (χ0) is 6.85. The van der Waals surface area contributed by atoms with Gasteiger partial charge in [0.1, 0.15) is 0 Å². The summed E-state index contributed by atoms with van der Waals surface area (Å²) < 4.78 is 0. The van der Waals surface area contributed by atoms with Crippen molar-refractivity contribution in [1.29, 1.82) is 0 Å². The fraction of sp³-hybridized carbons (Fsp3) is 0.333. The van der Waals surface area contributed by atoms with Crippen molar-refractivity contribution >= 4 is 0 Å². The van der Waals surface area contributed by atoms with E-state index in [-0.39, 0.29) is 0 Å². The number of aromatic amines is 1. The van der Waals surface area contributed by atoms with E-state index in [1.54, 1.807) is 12.3 Å². The van der Waals surface area contributed by atoms with Crippen LogP contribution >= 0.6 is 0 Å². The van der Waals surface area contributed by atoms with Gasteiger partial charge in [-0.3, -0.25) is 0 Å². The molecule has 1 aromatic heterocycles. The summed E-state index contributed by atoms with van der Waals surface area (Å²) in [7, 11) is 0. The number of aromatic nitrogens is 1. The van der Waals surface area contributed by atoms with Crippen molar-refractivity contribution in [2.45, 2.75) is 13.2 Å². The van der Waals surface area contributed by atoms with E-state index in [0.29, 0.717) is 5.69 Å². The Morgan fingerprint density at radius 3 is 2.44 bits per heavy atom. The highest BCUT2D eigenvalue weighted by Gasteiger charge is 2.04. The molecule has 0 radical (unpaired) electrons. The molecule has 0 aliphatic heterocycles. The molecule has 0 spiro atoms. The van der Waals surface area contributed by atoms with Crippen LogP contribution in [0.15, 0.2) is 12.3 Å². The van der Waals surface area contributed by atoms with Crippen molar-refractivity contribution in [2.24, 2.45) is 0 Å². The number of aliphatic hydroxyl groups is 2. The lowest BCUT2D eigenvalue weighted by atomic mass is 10.3. The maximum absolute atomic E-state index is 8.62. The number of hydrogen-bond donors (Lipinski definition) is 3. The van der Waals surface area contributed by atoms with Gasteiger partial charge in [-0.15, -0.1) is 0 Å².